The molecule has 0 aliphatic heterocycles. The summed E-state index contributed by atoms with van der Waals surface area (Å²) >= 11 is 0. The first-order valence-electron chi connectivity index (χ1n) is 6.74. The van der Waals surface area contributed by atoms with Crippen LogP contribution in [-0.4, -0.2) is 31.7 Å². The number of nitrogens with zero attached hydrogens (tertiary/aromatic N) is 1. The summed E-state index contributed by atoms with van der Waals surface area (Å²) in [6.45, 7) is 0.0568. The van der Waals surface area contributed by atoms with Gasteiger partial charge < -0.3 is 10.6 Å². The van der Waals surface area contributed by atoms with Crippen molar-refractivity contribution in [2.75, 3.05) is 17.6 Å². The van der Waals surface area contributed by atoms with Crippen LogP contribution in [0.5, 0.6) is 0 Å². The molecule has 0 aliphatic carbocycles. The molecule has 7 heteroatoms. The molecule has 0 saturated carbocycles. The third-order valence-corrected chi connectivity index (χ3v) is 4.45. The third-order valence-electron chi connectivity index (χ3n) is 2.85. The Kier molecular flexibility index (Phi) is 5.48. The monoisotopic (exact) mass is 319 g/mol. The number of hydrogen-bond donors (Lipinski definition) is 2. The summed E-state index contributed by atoms with van der Waals surface area (Å²) in [4.78, 5) is 15.5. The Morgan fingerprint density at radius 2 is 1.86 bits per heavy atom. The number of urea groups is 1. The van der Waals surface area contributed by atoms with Gasteiger partial charge >= 0.3 is 6.03 Å². The predicted octanol–water partition coefficient (Wildman–Crippen LogP) is 1.82. The van der Waals surface area contributed by atoms with Crippen LogP contribution >= 0.6 is 0 Å². The average Bonchev–Trinajstić information content (AvgIpc) is 2.48. The van der Waals surface area contributed by atoms with E-state index in [4.69, 9.17) is 0 Å². The van der Waals surface area contributed by atoms with Crippen LogP contribution in [0.1, 0.15) is 5.56 Å². The fraction of sp³-hybridized carbons (Fsp3) is 0.200. The van der Waals surface area contributed by atoms with Gasteiger partial charge in [-0.3, -0.25) is 4.98 Å². The average molecular weight is 319 g/mol. The molecule has 6 nitrogen and oxygen atoms in total. The Morgan fingerprint density at radius 1 is 1.09 bits per heavy atom. The SMILES string of the molecule is O=C(NCCS(=O)(=O)Cc1ccccc1)Nc1cccnc1. The molecular weight excluding hydrogens is 302 g/mol. The molecule has 0 spiro atoms. The van der Waals surface area contributed by atoms with E-state index >= 15 is 0 Å². The van der Waals surface area contributed by atoms with E-state index in [9.17, 15) is 13.2 Å². The van der Waals surface area contributed by atoms with Crippen molar-refractivity contribution in [3.05, 3.63) is 60.4 Å². The van der Waals surface area contributed by atoms with Gasteiger partial charge in [0, 0.05) is 12.7 Å². The molecule has 0 fully saturated rings. The standard InChI is InChI=1S/C15H17N3O3S/c19-15(18-14-7-4-8-16-11-14)17-9-10-22(20,21)12-13-5-2-1-3-6-13/h1-8,11H,9-10,12H2,(H2,17,18,19). The van der Waals surface area contributed by atoms with Gasteiger partial charge in [0.1, 0.15) is 0 Å². The maximum Gasteiger partial charge on any atom is 0.319 e. The van der Waals surface area contributed by atoms with E-state index in [0.717, 1.165) is 5.56 Å². The molecule has 0 bridgehead atoms. The highest BCUT2D eigenvalue weighted by Crippen LogP contribution is 2.06. The van der Waals surface area contributed by atoms with Crippen LogP contribution < -0.4 is 10.6 Å². The molecule has 0 saturated heterocycles. The predicted molar refractivity (Wildman–Crippen MR) is 85.2 cm³/mol. The number of benzene rings is 1. The molecule has 116 valence electrons. The number of amides is 2. The first-order chi connectivity index (χ1) is 10.6. The normalized spacial score (nSPS) is 10.9. The molecule has 0 atom stereocenters. The number of aromatic nitrogens is 1. The lowest BCUT2D eigenvalue weighted by atomic mass is 10.2. The van der Waals surface area contributed by atoms with Crippen molar-refractivity contribution in [2.24, 2.45) is 0 Å². The van der Waals surface area contributed by atoms with E-state index in [1.54, 1.807) is 42.6 Å². The molecule has 2 amide bonds. The van der Waals surface area contributed by atoms with Gasteiger partial charge in [0.05, 0.1) is 23.4 Å². The van der Waals surface area contributed by atoms with Crippen molar-refractivity contribution in [3.63, 3.8) is 0 Å². The highest BCUT2D eigenvalue weighted by atomic mass is 32.2. The molecule has 2 rings (SSSR count). The largest absolute Gasteiger partial charge is 0.337 e. The summed E-state index contributed by atoms with van der Waals surface area (Å²) in [6, 6.07) is 11.9. The highest BCUT2D eigenvalue weighted by Gasteiger charge is 2.12. The number of anilines is 1. The lowest BCUT2D eigenvalue weighted by Crippen LogP contribution is -2.33. The number of sulfone groups is 1. The summed E-state index contributed by atoms with van der Waals surface area (Å²) in [5.41, 5.74) is 1.29. The summed E-state index contributed by atoms with van der Waals surface area (Å²) in [7, 11) is -3.26. The minimum atomic E-state index is -3.26. The van der Waals surface area contributed by atoms with E-state index in [0.29, 0.717) is 5.69 Å². The van der Waals surface area contributed by atoms with E-state index in [1.165, 1.54) is 6.20 Å². The zero-order chi connectivity index (χ0) is 15.8. The minimum absolute atomic E-state index is 0.0280. The van der Waals surface area contributed by atoms with Crippen molar-refractivity contribution in [1.29, 1.82) is 0 Å². The fourth-order valence-electron chi connectivity index (χ4n) is 1.83. The Balaban J connectivity index is 1.76. The number of carbonyl (C=O) groups is 1. The molecule has 2 aromatic rings. The first-order valence-corrected chi connectivity index (χ1v) is 8.56. The second-order valence-electron chi connectivity index (χ2n) is 4.70. The van der Waals surface area contributed by atoms with E-state index in [1.807, 2.05) is 6.07 Å². The second kappa shape index (κ2) is 7.56. The van der Waals surface area contributed by atoms with Crippen molar-refractivity contribution in [3.8, 4) is 0 Å². The Bertz CT molecular complexity index is 703. The van der Waals surface area contributed by atoms with E-state index in [-0.39, 0.29) is 18.1 Å². The lowest BCUT2D eigenvalue weighted by Gasteiger charge is -2.08. The molecule has 0 radical (unpaired) electrons. The van der Waals surface area contributed by atoms with Gasteiger partial charge in [-0.15, -0.1) is 0 Å². The van der Waals surface area contributed by atoms with Crippen LogP contribution in [0.25, 0.3) is 0 Å². The minimum Gasteiger partial charge on any atom is -0.337 e. The number of hydrogen-bond acceptors (Lipinski definition) is 4. The van der Waals surface area contributed by atoms with E-state index < -0.39 is 15.9 Å². The van der Waals surface area contributed by atoms with Crippen molar-refractivity contribution in [1.82, 2.24) is 10.3 Å². The van der Waals surface area contributed by atoms with Crippen LogP contribution in [-0.2, 0) is 15.6 Å². The van der Waals surface area contributed by atoms with Gasteiger partial charge in [-0.1, -0.05) is 30.3 Å². The zero-order valence-electron chi connectivity index (χ0n) is 11.9. The number of carbonyl (C=O) groups excluding carboxylic acids is 1. The van der Waals surface area contributed by atoms with Gasteiger partial charge in [-0.05, 0) is 17.7 Å². The highest BCUT2D eigenvalue weighted by molar-refractivity contribution is 7.90. The van der Waals surface area contributed by atoms with Crippen LogP contribution in [0.2, 0.25) is 0 Å². The summed E-state index contributed by atoms with van der Waals surface area (Å²) in [5, 5.41) is 5.09. The van der Waals surface area contributed by atoms with Gasteiger partial charge in [0.25, 0.3) is 0 Å². The summed E-state index contributed by atoms with van der Waals surface area (Å²) < 4.78 is 23.9. The van der Waals surface area contributed by atoms with Gasteiger partial charge in [-0.2, -0.15) is 0 Å². The zero-order valence-corrected chi connectivity index (χ0v) is 12.7. The lowest BCUT2D eigenvalue weighted by molar-refractivity contribution is 0.252. The van der Waals surface area contributed by atoms with Crippen LogP contribution in [0.15, 0.2) is 54.9 Å². The first kappa shape index (κ1) is 16.0. The van der Waals surface area contributed by atoms with Crippen LogP contribution in [0.3, 0.4) is 0 Å². The molecule has 0 unspecified atom stereocenters. The quantitative estimate of drug-likeness (QED) is 0.850. The van der Waals surface area contributed by atoms with Gasteiger partial charge in [0.15, 0.2) is 9.84 Å². The third kappa shape index (κ3) is 5.53. The van der Waals surface area contributed by atoms with Gasteiger partial charge in [-0.25, -0.2) is 13.2 Å². The smallest absolute Gasteiger partial charge is 0.319 e. The van der Waals surface area contributed by atoms with Crippen molar-refractivity contribution >= 4 is 21.6 Å². The Morgan fingerprint density at radius 3 is 2.55 bits per heavy atom. The molecule has 1 heterocycles. The van der Waals surface area contributed by atoms with Crippen molar-refractivity contribution < 1.29 is 13.2 Å². The summed E-state index contributed by atoms with van der Waals surface area (Å²) in [5.74, 6) is -0.137. The van der Waals surface area contributed by atoms with Crippen LogP contribution in [0.4, 0.5) is 10.5 Å². The van der Waals surface area contributed by atoms with Gasteiger partial charge in [0.2, 0.25) is 0 Å². The molecule has 1 aromatic heterocycles. The fourth-order valence-corrected chi connectivity index (χ4v) is 3.09. The number of pyridine rings is 1. The number of nitrogens with one attached hydrogen (secondary N) is 2. The van der Waals surface area contributed by atoms with E-state index in [2.05, 4.69) is 15.6 Å². The second-order valence-corrected chi connectivity index (χ2v) is 6.88. The topological polar surface area (TPSA) is 88.2 Å². The number of rotatable bonds is 6. The summed E-state index contributed by atoms with van der Waals surface area (Å²) in [6.07, 6.45) is 3.10. The molecule has 2 N–H and O–H groups in total. The molecular formula is C15H17N3O3S. The van der Waals surface area contributed by atoms with Crippen molar-refractivity contribution in [2.45, 2.75) is 5.75 Å². The molecule has 0 aliphatic rings. The maximum atomic E-state index is 12.0. The molecule has 22 heavy (non-hydrogen) atoms. The maximum absolute atomic E-state index is 12.0. The Labute approximate surface area is 129 Å². The molecule has 1 aromatic carbocycles. The Hall–Kier alpha value is -2.41. The van der Waals surface area contributed by atoms with Crippen LogP contribution in [0, 0.1) is 0 Å².